The van der Waals surface area contributed by atoms with Gasteiger partial charge in [0, 0.05) is 21.1 Å². The van der Waals surface area contributed by atoms with Crippen molar-refractivity contribution >= 4 is 33.0 Å². The van der Waals surface area contributed by atoms with E-state index >= 15 is 0 Å². The van der Waals surface area contributed by atoms with Gasteiger partial charge in [0.2, 0.25) is 5.82 Å². The number of nitrogens with two attached hydrogens (primary N) is 1. The Kier molecular flexibility index (Phi) is 2.89. The van der Waals surface area contributed by atoms with E-state index in [-0.39, 0.29) is 0 Å². The first kappa shape index (κ1) is 11.4. The summed E-state index contributed by atoms with van der Waals surface area (Å²) in [6, 6.07) is 7.48. The SMILES string of the molecule is Nc1ccc(Br)cc1-c1nc(-c2ccsc2)no1. The van der Waals surface area contributed by atoms with Crippen molar-refractivity contribution < 1.29 is 4.52 Å². The van der Waals surface area contributed by atoms with Crippen LogP contribution in [-0.4, -0.2) is 10.1 Å². The molecule has 0 amide bonds. The van der Waals surface area contributed by atoms with E-state index < -0.39 is 0 Å². The summed E-state index contributed by atoms with van der Waals surface area (Å²) in [5, 5.41) is 7.90. The Bertz CT molecular complexity index is 678. The molecule has 1 aromatic carbocycles. The van der Waals surface area contributed by atoms with Gasteiger partial charge < -0.3 is 10.3 Å². The maximum absolute atomic E-state index is 5.90. The Balaban J connectivity index is 2.05. The quantitative estimate of drug-likeness (QED) is 0.729. The lowest BCUT2D eigenvalue weighted by molar-refractivity contribution is 0.432. The largest absolute Gasteiger partial charge is 0.398 e. The van der Waals surface area contributed by atoms with E-state index in [2.05, 4.69) is 26.1 Å². The molecule has 0 spiro atoms. The minimum atomic E-state index is 0.426. The van der Waals surface area contributed by atoms with Gasteiger partial charge in [0.05, 0.1) is 5.56 Å². The third-order valence-corrected chi connectivity index (χ3v) is 3.63. The van der Waals surface area contributed by atoms with Gasteiger partial charge in [-0.3, -0.25) is 0 Å². The van der Waals surface area contributed by atoms with Crippen LogP contribution in [0.1, 0.15) is 0 Å². The van der Waals surface area contributed by atoms with Gasteiger partial charge in [-0.25, -0.2) is 0 Å². The molecule has 0 aliphatic rings. The minimum Gasteiger partial charge on any atom is -0.398 e. The summed E-state index contributed by atoms with van der Waals surface area (Å²) in [6.45, 7) is 0. The summed E-state index contributed by atoms with van der Waals surface area (Å²) in [6.07, 6.45) is 0. The molecule has 0 atom stereocenters. The van der Waals surface area contributed by atoms with Gasteiger partial charge in [0.15, 0.2) is 0 Å². The highest BCUT2D eigenvalue weighted by Gasteiger charge is 2.13. The lowest BCUT2D eigenvalue weighted by Crippen LogP contribution is -1.89. The maximum atomic E-state index is 5.90. The Labute approximate surface area is 116 Å². The van der Waals surface area contributed by atoms with E-state index in [1.165, 1.54) is 0 Å². The van der Waals surface area contributed by atoms with Crippen molar-refractivity contribution in [1.29, 1.82) is 0 Å². The average molecular weight is 322 g/mol. The van der Waals surface area contributed by atoms with Gasteiger partial charge in [-0.2, -0.15) is 16.3 Å². The summed E-state index contributed by atoms with van der Waals surface area (Å²) in [5.74, 6) is 1.00. The normalized spacial score (nSPS) is 10.7. The summed E-state index contributed by atoms with van der Waals surface area (Å²) in [7, 11) is 0. The van der Waals surface area contributed by atoms with E-state index in [4.69, 9.17) is 10.3 Å². The molecule has 0 aliphatic heterocycles. The van der Waals surface area contributed by atoms with Gasteiger partial charge in [-0.1, -0.05) is 21.1 Å². The third kappa shape index (κ3) is 2.04. The zero-order valence-electron chi connectivity index (χ0n) is 9.13. The summed E-state index contributed by atoms with van der Waals surface area (Å²) in [4.78, 5) is 4.35. The number of thiophene rings is 1. The van der Waals surface area contributed by atoms with Crippen molar-refractivity contribution in [2.75, 3.05) is 5.73 Å². The molecule has 2 N–H and O–H groups in total. The second kappa shape index (κ2) is 4.55. The van der Waals surface area contributed by atoms with Gasteiger partial charge >= 0.3 is 0 Å². The lowest BCUT2D eigenvalue weighted by Gasteiger charge is -2.00. The Morgan fingerprint density at radius 1 is 1.28 bits per heavy atom. The van der Waals surface area contributed by atoms with Crippen LogP contribution >= 0.6 is 27.3 Å². The molecule has 0 radical (unpaired) electrons. The molecule has 2 heterocycles. The minimum absolute atomic E-state index is 0.426. The Morgan fingerprint density at radius 3 is 2.94 bits per heavy atom. The molecule has 4 nitrogen and oxygen atoms in total. The van der Waals surface area contributed by atoms with Crippen LogP contribution in [0.3, 0.4) is 0 Å². The van der Waals surface area contributed by atoms with Crippen LogP contribution in [0.4, 0.5) is 5.69 Å². The molecule has 90 valence electrons. The highest BCUT2D eigenvalue weighted by molar-refractivity contribution is 9.10. The van der Waals surface area contributed by atoms with Crippen molar-refractivity contribution in [2.24, 2.45) is 0 Å². The molecule has 3 aromatic rings. The van der Waals surface area contributed by atoms with E-state index in [0.29, 0.717) is 17.4 Å². The number of anilines is 1. The highest BCUT2D eigenvalue weighted by atomic mass is 79.9. The van der Waals surface area contributed by atoms with Crippen LogP contribution in [0.2, 0.25) is 0 Å². The monoisotopic (exact) mass is 321 g/mol. The first-order valence-corrected chi connectivity index (χ1v) is 6.89. The number of benzene rings is 1. The zero-order valence-corrected chi connectivity index (χ0v) is 11.5. The number of hydrogen-bond acceptors (Lipinski definition) is 5. The topological polar surface area (TPSA) is 64.9 Å². The molecule has 0 fully saturated rings. The van der Waals surface area contributed by atoms with Gasteiger partial charge in [-0.05, 0) is 29.6 Å². The number of rotatable bonds is 2. The zero-order chi connectivity index (χ0) is 12.5. The van der Waals surface area contributed by atoms with Crippen molar-refractivity contribution in [3.05, 3.63) is 39.5 Å². The Hall–Kier alpha value is -1.66. The smallest absolute Gasteiger partial charge is 0.260 e. The molecule has 3 rings (SSSR count). The summed E-state index contributed by atoms with van der Waals surface area (Å²) in [5.41, 5.74) is 8.20. The van der Waals surface area contributed by atoms with E-state index in [9.17, 15) is 0 Å². The van der Waals surface area contributed by atoms with Crippen molar-refractivity contribution in [3.8, 4) is 22.8 Å². The van der Waals surface area contributed by atoms with E-state index in [1.807, 2.05) is 29.0 Å². The molecular weight excluding hydrogens is 314 g/mol. The van der Waals surface area contributed by atoms with Crippen LogP contribution in [-0.2, 0) is 0 Å². The standard InChI is InChI=1S/C12H8BrN3OS/c13-8-1-2-10(14)9(5-8)12-15-11(16-17-12)7-3-4-18-6-7/h1-6H,14H2. The number of aromatic nitrogens is 2. The number of hydrogen-bond donors (Lipinski definition) is 1. The van der Waals surface area contributed by atoms with Crippen molar-refractivity contribution in [2.45, 2.75) is 0 Å². The molecule has 0 bridgehead atoms. The average Bonchev–Trinajstić information content (AvgIpc) is 3.00. The third-order valence-electron chi connectivity index (χ3n) is 2.45. The van der Waals surface area contributed by atoms with Crippen LogP contribution < -0.4 is 5.73 Å². The van der Waals surface area contributed by atoms with Crippen molar-refractivity contribution in [1.82, 2.24) is 10.1 Å². The van der Waals surface area contributed by atoms with Crippen LogP contribution in [0.5, 0.6) is 0 Å². The van der Waals surface area contributed by atoms with E-state index in [1.54, 1.807) is 17.4 Å². The van der Waals surface area contributed by atoms with E-state index in [0.717, 1.165) is 15.6 Å². The van der Waals surface area contributed by atoms with Gasteiger partial charge in [-0.15, -0.1) is 0 Å². The summed E-state index contributed by atoms with van der Waals surface area (Å²) >= 11 is 4.99. The number of nitrogens with zero attached hydrogens (tertiary/aromatic N) is 2. The van der Waals surface area contributed by atoms with Gasteiger partial charge in [0.25, 0.3) is 5.89 Å². The predicted molar refractivity (Wildman–Crippen MR) is 75.2 cm³/mol. The van der Waals surface area contributed by atoms with Crippen molar-refractivity contribution in [3.63, 3.8) is 0 Å². The molecule has 2 aromatic heterocycles. The maximum Gasteiger partial charge on any atom is 0.260 e. The van der Waals surface area contributed by atoms with Crippen LogP contribution in [0, 0.1) is 0 Å². The number of nitrogen functional groups attached to an aromatic ring is 1. The molecule has 0 aliphatic carbocycles. The molecular formula is C12H8BrN3OS. The molecule has 6 heteroatoms. The molecule has 0 saturated heterocycles. The Morgan fingerprint density at radius 2 is 2.17 bits per heavy atom. The molecule has 18 heavy (non-hydrogen) atoms. The highest BCUT2D eigenvalue weighted by Crippen LogP contribution is 2.29. The fraction of sp³-hybridized carbons (Fsp3) is 0. The fourth-order valence-corrected chi connectivity index (χ4v) is 2.55. The lowest BCUT2D eigenvalue weighted by atomic mass is 10.2. The predicted octanol–water partition coefficient (Wildman–Crippen LogP) is 3.81. The van der Waals surface area contributed by atoms with Crippen LogP contribution in [0.25, 0.3) is 22.8 Å². The molecule has 0 saturated carbocycles. The van der Waals surface area contributed by atoms with Gasteiger partial charge in [0.1, 0.15) is 0 Å². The molecule has 0 unspecified atom stereocenters. The summed E-state index contributed by atoms with van der Waals surface area (Å²) < 4.78 is 6.17. The first-order chi connectivity index (χ1) is 8.74. The number of halogens is 1. The first-order valence-electron chi connectivity index (χ1n) is 5.16. The fourth-order valence-electron chi connectivity index (χ4n) is 1.56. The van der Waals surface area contributed by atoms with Crippen LogP contribution in [0.15, 0.2) is 44.0 Å². The second-order valence-corrected chi connectivity index (χ2v) is 5.36. The second-order valence-electron chi connectivity index (χ2n) is 3.67.